The number of aryl methyl sites for hydroxylation is 1. The molecule has 0 fully saturated rings. The molecule has 1 rings (SSSR count). The van der Waals surface area contributed by atoms with E-state index in [1.807, 2.05) is 0 Å². The van der Waals surface area contributed by atoms with Gasteiger partial charge in [-0.2, -0.15) is 13.2 Å². The van der Waals surface area contributed by atoms with Gasteiger partial charge in [-0.15, -0.1) is 0 Å². The lowest BCUT2D eigenvalue weighted by Gasteiger charge is -2.08. The minimum atomic E-state index is -4.42. The molecule has 0 radical (unpaired) electrons. The summed E-state index contributed by atoms with van der Waals surface area (Å²) in [6.07, 6.45) is -3.68. The zero-order valence-corrected chi connectivity index (χ0v) is 8.11. The lowest BCUT2D eigenvalue weighted by molar-refractivity contribution is -0.138. The second-order valence-corrected chi connectivity index (χ2v) is 2.69. The van der Waals surface area contributed by atoms with Crippen LogP contribution in [0.1, 0.15) is 18.2 Å². The van der Waals surface area contributed by atoms with E-state index in [9.17, 15) is 13.2 Å². The maximum absolute atomic E-state index is 12.3. The van der Waals surface area contributed by atoms with Gasteiger partial charge in [-0.1, -0.05) is 5.92 Å². The highest BCUT2D eigenvalue weighted by atomic mass is 19.4. The highest BCUT2D eigenvalue weighted by Crippen LogP contribution is 2.30. The number of rotatable bonds is 1. The zero-order valence-electron chi connectivity index (χ0n) is 8.11. The summed E-state index contributed by atoms with van der Waals surface area (Å²) < 4.78 is 36.9. The Bertz CT molecular complexity index is 415. The van der Waals surface area contributed by atoms with Gasteiger partial charge in [0.05, 0.1) is 11.3 Å². The molecule has 0 amide bonds. The molecule has 1 aromatic heterocycles. The highest BCUT2D eigenvalue weighted by molar-refractivity contribution is 5.35. The van der Waals surface area contributed by atoms with E-state index in [4.69, 9.17) is 0 Å². The maximum Gasteiger partial charge on any atom is 0.419 e. The minimum Gasteiger partial charge on any atom is -0.283 e. The number of halogens is 3. The Morgan fingerprint density at radius 1 is 1.40 bits per heavy atom. The van der Waals surface area contributed by atoms with Crippen molar-refractivity contribution in [2.24, 2.45) is 0 Å². The van der Waals surface area contributed by atoms with Crippen LogP contribution in [0.4, 0.5) is 19.1 Å². The number of alkyl halides is 3. The third kappa shape index (κ3) is 2.84. The number of anilines is 1. The van der Waals surface area contributed by atoms with E-state index in [1.54, 1.807) is 6.92 Å². The van der Waals surface area contributed by atoms with Crippen LogP contribution in [0.5, 0.6) is 0 Å². The van der Waals surface area contributed by atoms with E-state index in [0.717, 1.165) is 6.20 Å². The van der Waals surface area contributed by atoms with Crippen LogP contribution in [-0.2, 0) is 6.18 Å². The average Bonchev–Trinajstić information content (AvgIpc) is 2.12. The molecule has 1 N–H and O–H groups in total. The van der Waals surface area contributed by atoms with Crippen LogP contribution < -0.4 is 5.32 Å². The molecule has 0 saturated heterocycles. The topological polar surface area (TPSA) is 37.8 Å². The molecule has 15 heavy (non-hydrogen) atoms. The molecule has 1 heterocycles. The first kappa shape index (κ1) is 11.3. The first-order valence-electron chi connectivity index (χ1n) is 4.03. The summed E-state index contributed by atoms with van der Waals surface area (Å²) in [6.45, 7) is 2.86. The SMILES string of the molecule is CC#CNc1ncc(C(F)(F)F)c(C)n1. The number of aromatic nitrogens is 2. The molecule has 0 spiro atoms. The predicted molar refractivity (Wildman–Crippen MR) is 48.8 cm³/mol. The van der Waals surface area contributed by atoms with Crippen LogP contribution in [0.15, 0.2) is 6.20 Å². The second kappa shape index (κ2) is 4.17. The van der Waals surface area contributed by atoms with Crippen molar-refractivity contribution in [3.05, 3.63) is 17.5 Å². The molecular weight excluding hydrogens is 207 g/mol. The molecule has 0 saturated carbocycles. The lowest BCUT2D eigenvalue weighted by atomic mass is 10.2. The predicted octanol–water partition coefficient (Wildman–Crippen LogP) is 2.20. The maximum atomic E-state index is 12.3. The van der Waals surface area contributed by atoms with Crippen LogP contribution in [0, 0.1) is 18.9 Å². The van der Waals surface area contributed by atoms with Gasteiger partial charge in [0.1, 0.15) is 0 Å². The van der Waals surface area contributed by atoms with Gasteiger partial charge in [-0.3, -0.25) is 5.32 Å². The summed E-state index contributed by atoms with van der Waals surface area (Å²) in [5.74, 6) is 2.58. The molecule has 6 heteroatoms. The van der Waals surface area contributed by atoms with Crippen molar-refractivity contribution in [2.75, 3.05) is 5.32 Å². The first-order valence-corrected chi connectivity index (χ1v) is 4.03. The number of nitrogens with zero attached hydrogens (tertiary/aromatic N) is 2. The van der Waals surface area contributed by atoms with Gasteiger partial charge in [0.25, 0.3) is 0 Å². The van der Waals surface area contributed by atoms with Crippen molar-refractivity contribution >= 4 is 5.95 Å². The van der Waals surface area contributed by atoms with E-state index in [0.29, 0.717) is 0 Å². The quantitative estimate of drug-likeness (QED) is 0.576. The highest BCUT2D eigenvalue weighted by Gasteiger charge is 2.33. The summed E-state index contributed by atoms with van der Waals surface area (Å²) in [4.78, 5) is 7.13. The Morgan fingerprint density at radius 2 is 2.07 bits per heavy atom. The molecule has 0 unspecified atom stereocenters. The minimum absolute atomic E-state index is 0.0647. The monoisotopic (exact) mass is 215 g/mol. The van der Waals surface area contributed by atoms with Gasteiger partial charge in [-0.25, -0.2) is 9.97 Å². The van der Waals surface area contributed by atoms with Crippen LogP contribution in [-0.4, -0.2) is 9.97 Å². The molecule has 1 aromatic rings. The van der Waals surface area contributed by atoms with Crippen molar-refractivity contribution in [3.63, 3.8) is 0 Å². The van der Waals surface area contributed by atoms with Crippen LogP contribution in [0.25, 0.3) is 0 Å². The van der Waals surface area contributed by atoms with Gasteiger partial charge in [-0.05, 0) is 13.8 Å². The fraction of sp³-hybridized carbons (Fsp3) is 0.333. The van der Waals surface area contributed by atoms with Gasteiger partial charge in [0, 0.05) is 12.2 Å². The van der Waals surface area contributed by atoms with Crippen LogP contribution in [0.3, 0.4) is 0 Å². The van der Waals surface area contributed by atoms with Crippen molar-refractivity contribution in [2.45, 2.75) is 20.0 Å². The zero-order chi connectivity index (χ0) is 11.5. The van der Waals surface area contributed by atoms with Gasteiger partial charge >= 0.3 is 6.18 Å². The molecule has 80 valence electrons. The van der Waals surface area contributed by atoms with E-state index >= 15 is 0 Å². The molecule has 0 aliphatic carbocycles. The van der Waals surface area contributed by atoms with Crippen molar-refractivity contribution in [3.8, 4) is 12.0 Å². The van der Waals surface area contributed by atoms with Crippen LogP contribution >= 0.6 is 0 Å². The average molecular weight is 215 g/mol. The fourth-order valence-electron chi connectivity index (χ4n) is 0.924. The van der Waals surface area contributed by atoms with Crippen LogP contribution in [0.2, 0.25) is 0 Å². The van der Waals surface area contributed by atoms with Crippen molar-refractivity contribution in [1.82, 2.24) is 9.97 Å². The van der Waals surface area contributed by atoms with Gasteiger partial charge in [0.15, 0.2) is 0 Å². The molecular formula is C9H8F3N3. The van der Waals surface area contributed by atoms with Gasteiger partial charge in [0.2, 0.25) is 5.95 Å². The Hall–Kier alpha value is -1.77. The summed E-state index contributed by atoms with van der Waals surface area (Å²) in [5.41, 5.74) is -0.963. The van der Waals surface area contributed by atoms with Crippen molar-refractivity contribution in [1.29, 1.82) is 0 Å². The standard InChI is InChI=1S/C9H8F3N3/c1-3-4-13-8-14-5-7(6(2)15-8)9(10,11)12/h5H,1-2H3,(H,13,14,15). The third-order valence-electron chi connectivity index (χ3n) is 1.58. The number of nitrogens with one attached hydrogen (secondary N) is 1. The molecule has 0 atom stereocenters. The summed E-state index contributed by atoms with van der Waals surface area (Å²) >= 11 is 0. The lowest BCUT2D eigenvalue weighted by Crippen LogP contribution is -2.10. The molecule has 0 aliphatic heterocycles. The summed E-state index contributed by atoms with van der Waals surface area (Å²) in [7, 11) is 0. The number of hydrogen-bond donors (Lipinski definition) is 1. The largest absolute Gasteiger partial charge is 0.419 e. The van der Waals surface area contributed by atoms with Crippen molar-refractivity contribution < 1.29 is 13.2 Å². The third-order valence-corrected chi connectivity index (χ3v) is 1.58. The summed E-state index contributed by atoms with van der Waals surface area (Å²) in [5, 5.41) is 2.46. The Labute approximate surface area is 84.7 Å². The Morgan fingerprint density at radius 3 is 2.53 bits per heavy atom. The molecule has 0 aliphatic rings. The van der Waals surface area contributed by atoms with Gasteiger partial charge < -0.3 is 0 Å². The fourth-order valence-corrected chi connectivity index (χ4v) is 0.924. The molecule has 3 nitrogen and oxygen atoms in total. The second-order valence-electron chi connectivity index (χ2n) is 2.69. The van der Waals surface area contributed by atoms with E-state index < -0.39 is 11.7 Å². The first-order chi connectivity index (χ1) is 6.95. The normalized spacial score (nSPS) is 10.5. The smallest absolute Gasteiger partial charge is 0.283 e. The number of hydrogen-bond acceptors (Lipinski definition) is 3. The van der Waals surface area contributed by atoms with E-state index in [-0.39, 0.29) is 11.6 Å². The van der Waals surface area contributed by atoms with E-state index in [1.165, 1.54) is 6.92 Å². The molecule has 0 bridgehead atoms. The molecule has 0 aromatic carbocycles. The Kier molecular flexibility index (Phi) is 3.14. The summed E-state index contributed by atoms with van der Waals surface area (Å²) in [6, 6.07) is 2.44. The van der Waals surface area contributed by atoms with E-state index in [2.05, 4.69) is 27.2 Å². The Balaban J connectivity index is 3.02.